The Kier molecular flexibility index (Phi) is 4.39. The van der Waals surface area contributed by atoms with Crippen molar-refractivity contribution in [3.8, 4) is 0 Å². The quantitative estimate of drug-likeness (QED) is 0.329. The largest absolute Gasteiger partial charge is 0.440 e. The van der Waals surface area contributed by atoms with E-state index in [9.17, 15) is 4.79 Å². The van der Waals surface area contributed by atoms with Crippen molar-refractivity contribution in [2.24, 2.45) is 16.8 Å². The third kappa shape index (κ3) is 3.39. The van der Waals surface area contributed by atoms with Crippen molar-refractivity contribution >= 4 is 23.3 Å². The van der Waals surface area contributed by atoms with E-state index < -0.39 is 11.9 Å². The van der Waals surface area contributed by atoms with Crippen LogP contribution in [-0.2, 0) is 0 Å². The monoisotopic (exact) mass is 259 g/mol. The molecule has 1 rings (SSSR count). The molecule has 4 N–H and O–H groups in total. The fourth-order valence-corrected chi connectivity index (χ4v) is 1.44. The van der Waals surface area contributed by atoms with Crippen molar-refractivity contribution < 1.29 is 14.4 Å². The van der Waals surface area contributed by atoms with Gasteiger partial charge in [0.1, 0.15) is 0 Å². The molecule has 1 heterocycles. The van der Waals surface area contributed by atoms with Gasteiger partial charge in [0.25, 0.3) is 5.91 Å². The Hall–Kier alpha value is -1.69. The summed E-state index contributed by atoms with van der Waals surface area (Å²) < 4.78 is 4.95. The van der Waals surface area contributed by atoms with E-state index >= 15 is 0 Å². The third-order valence-corrected chi connectivity index (χ3v) is 2.39. The molecule has 0 aliphatic heterocycles. The molecule has 1 unspecified atom stereocenters. The maximum Gasteiger partial charge on any atom is 0.287 e. The molecule has 1 aromatic rings. The minimum Gasteiger partial charge on any atom is -0.440 e. The molecular weight excluding hydrogens is 246 g/mol. The summed E-state index contributed by atoms with van der Waals surface area (Å²) in [6.45, 7) is 3.66. The van der Waals surface area contributed by atoms with Crippen LogP contribution in [0.15, 0.2) is 21.7 Å². The van der Waals surface area contributed by atoms with Crippen LogP contribution in [0, 0.1) is 5.92 Å². The molecule has 94 valence electrons. The molecule has 0 saturated heterocycles. The van der Waals surface area contributed by atoms with Gasteiger partial charge >= 0.3 is 0 Å². The highest BCUT2D eigenvalue weighted by molar-refractivity contribution is 6.29. The number of hydrogen-bond acceptors (Lipinski definition) is 4. The normalized spacial score (nSPS) is 13.8. The highest BCUT2D eigenvalue weighted by Gasteiger charge is 2.22. The van der Waals surface area contributed by atoms with E-state index in [-0.39, 0.29) is 22.7 Å². The molecule has 0 bridgehead atoms. The van der Waals surface area contributed by atoms with E-state index in [1.807, 2.05) is 13.8 Å². The van der Waals surface area contributed by atoms with Crippen LogP contribution in [0.5, 0.6) is 0 Å². The molecule has 1 aromatic heterocycles. The first-order chi connectivity index (χ1) is 7.95. The predicted octanol–water partition coefficient (Wildman–Crippen LogP) is 1.43. The molecule has 6 nitrogen and oxygen atoms in total. The minimum atomic E-state index is -0.573. The Balaban J connectivity index is 2.78. The van der Waals surface area contributed by atoms with Crippen LogP contribution in [0.25, 0.3) is 0 Å². The number of nitrogens with zero attached hydrogens (tertiary/aromatic N) is 1. The summed E-state index contributed by atoms with van der Waals surface area (Å²) in [5.74, 6) is -0.486. The Labute approximate surface area is 103 Å². The molecule has 0 aliphatic rings. The topological polar surface area (TPSA) is 101 Å². The van der Waals surface area contributed by atoms with Crippen LogP contribution < -0.4 is 11.1 Å². The summed E-state index contributed by atoms with van der Waals surface area (Å²) in [7, 11) is 0. The fraction of sp³-hybridized carbons (Fsp3) is 0.400. The lowest BCUT2D eigenvalue weighted by atomic mass is 10.0. The summed E-state index contributed by atoms with van der Waals surface area (Å²) in [5.41, 5.74) is 5.48. The van der Waals surface area contributed by atoms with Gasteiger partial charge < -0.3 is 20.7 Å². The molecule has 0 radical (unpaired) electrons. The molecule has 1 atom stereocenters. The van der Waals surface area contributed by atoms with E-state index in [4.69, 9.17) is 27.0 Å². The number of carbonyl (C=O) groups excluding carboxylic acids is 1. The van der Waals surface area contributed by atoms with E-state index in [0.29, 0.717) is 0 Å². The minimum absolute atomic E-state index is 0.0275. The average Bonchev–Trinajstić information content (AvgIpc) is 2.71. The number of nitrogens with two attached hydrogens (primary N) is 1. The van der Waals surface area contributed by atoms with Gasteiger partial charge in [-0.25, -0.2) is 0 Å². The van der Waals surface area contributed by atoms with Gasteiger partial charge in [0.15, 0.2) is 16.8 Å². The maximum absolute atomic E-state index is 11.7. The number of amidine groups is 1. The van der Waals surface area contributed by atoms with Gasteiger partial charge in [-0.3, -0.25) is 4.79 Å². The van der Waals surface area contributed by atoms with Crippen LogP contribution in [-0.4, -0.2) is 23.0 Å². The fourth-order valence-electron chi connectivity index (χ4n) is 1.29. The third-order valence-electron chi connectivity index (χ3n) is 2.18. The molecule has 0 saturated carbocycles. The van der Waals surface area contributed by atoms with E-state index in [1.54, 1.807) is 0 Å². The molecule has 0 aromatic carbocycles. The zero-order chi connectivity index (χ0) is 13.0. The number of oxime groups is 1. The van der Waals surface area contributed by atoms with Crippen molar-refractivity contribution in [1.82, 2.24) is 5.32 Å². The highest BCUT2D eigenvalue weighted by Crippen LogP contribution is 2.13. The molecule has 0 fully saturated rings. The van der Waals surface area contributed by atoms with Gasteiger partial charge in [0.2, 0.25) is 0 Å². The van der Waals surface area contributed by atoms with Gasteiger partial charge in [-0.15, -0.1) is 0 Å². The van der Waals surface area contributed by atoms with Gasteiger partial charge in [0.05, 0.1) is 6.04 Å². The summed E-state index contributed by atoms with van der Waals surface area (Å²) in [4.78, 5) is 11.7. The number of halogens is 1. The second-order valence-corrected chi connectivity index (χ2v) is 4.20. The molecular formula is C10H14ClN3O3. The molecule has 0 aliphatic carbocycles. The SMILES string of the molecule is CC(C)C(NC(=O)c1ccc(Cl)o1)/C(N)=N/O. The van der Waals surface area contributed by atoms with Gasteiger partial charge in [-0.05, 0) is 29.7 Å². The second kappa shape index (κ2) is 5.58. The number of amides is 1. The van der Waals surface area contributed by atoms with E-state index in [0.717, 1.165) is 0 Å². The Morgan fingerprint density at radius 3 is 2.65 bits per heavy atom. The van der Waals surface area contributed by atoms with Crippen LogP contribution in [0.2, 0.25) is 5.22 Å². The predicted molar refractivity (Wildman–Crippen MR) is 63.2 cm³/mol. The molecule has 17 heavy (non-hydrogen) atoms. The first kappa shape index (κ1) is 13.4. The summed E-state index contributed by atoms with van der Waals surface area (Å²) >= 11 is 5.56. The molecule has 1 amide bonds. The zero-order valence-corrected chi connectivity index (χ0v) is 10.2. The first-order valence-electron chi connectivity index (χ1n) is 4.99. The van der Waals surface area contributed by atoms with Gasteiger partial charge in [-0.2, -0.15) is 0 Å². The Morgan fingerprint density at radius 1 is 1.59 bits per heavy atom. The van der Waals surface area contributed by atoms with Crippen LogP contribution in [0.4, 0.5) is 0 Å². The first-order valence-corrected chi connectivity index (χ1v) is 5.37. The maximum atomic E-state index is 11.7. The number of carbonyl (C=O) groups is 1. The Morgan fingerprint density at radius 2 is 2.24 bits per heavy atom. The lowest BCUT2D eigenvalue weighted by Gasteiger charge is -2.20. The summed E-state index contributed by atoms with van der Waals surface area (Å²) in [6, 6.07) is 2.34. The van der Waals surface area contributed by atoms with Crippen molar-refractivity contribution in [2.45, 2.75) is 19.9 Å². The van der Waals surface area contributed by atoms with Crippen LogP contribution in [0.1, 0.15) is 24.4 Å². The highest BCUT2D eigenvalue weighted by atomic mass is 35.5. The van der Waals surface area contributed by atoms with Gasteiger partial charge in [0, 0.05) is 0 Å². The number of furan rings is 1. The standard InChI is InChI=1S/C10H14ClN3O3/c1-5(2)8(9(12)14-16)13-10(15)6-3-4-7(11)17-6/h3-5,8,16H,1-2H3,(H2,12,14)(H,13,15). The second-order valence-electron chi connectivity index (χ2n) is 3.82. The zero-order valence-electron chi connectivity index (χ0n) is 9.48. The van der Waals surface area contributed by atoms with Crippen molar-refractivity contribution in [3.05, 3.63) is 23.1 Å². The van der Waals surface area contributed by atoms with Crippen molar-refractivity contribution in [1.29, 1.82) is 0 Å². The summed E-state index contributed by atoms with van der Waals surface area (Å²) in [6.07, 6.45) is 0. The summed E-state index contributed by atoms with van der Waals surface area (Å²) in [5, 5.41) is 14.2. The lowest BCUT2D eigenvalue weighted by molar-refractivity contribution is 0.0911. The van der Waals surface area contributed by atoms with E-state index in [1.165, 1.54) is 12.1 Å². The number of nitrogens with one attached hydrogen (secondary N) is 1. The van der Waals surface area contributed by atoms with Crippen LogP contribution in [0.3, 0.4) is 0 Å². The Bertz CT molecular complexity index is 428. The molecule has 0 spiro atoms. The number of hydrogen-bond donors (Lipinski definition) is 3. The molecule has 7 heteroatoms. The van der Waals surface area contributed by atoms with Gasteiger partial charge in [-0.1, -0.05) is 19.0 Å². The average molecular weight is 260 g/mol. The van der Waals surface area contributed by atoms with E-state index in [2.05, 4.69) is 10.5 Å². The number of rotatable bonds is 4. The van der Waals surface area contributed by atoms with Crippen LogP contribution >= 0.6 is 11.6 Å². The lowest BCUT2D eigenvalue weighted by Crippen LogP contribution is -2.47. The van der Waals surface area contributed by atoms with Crippen molar-refractivity contribution in [2.75, 3.05) is 0 Å². The smallest absolute Gasteiger partial charge is 0.287 e. The van der Waals surface area contributed by atoms with Crippen molar-refractivity contribution in [3.63, 3.8) is 0 Å².